The van der Waals surface area contributed by atoms with Crippen molar-refractivity contribution in [3.8, 4) is 0 Å². The number of fused-ring (bicyclic) bond motifs is 1. The first-order valence-electron chi connectivity index (χ1n) is 10.5. The van der Waals surface area contributed by atoms with Gasteiger partial charge in [-0.1, -0.05) is 0 Å². The number of nitrogens with two attached hydrogens (primary N) is 1. The number of carbonyl (C=O) groups is 3. The van der Waals surface area contributed by atoms with Crippen LogP contribution < -0.4 is 16.0 Å². The average Bonchev–Trinajstić information content (AvgIpc) is 3.16. The number of esters is 1. The van der Waals surface area contributed by atoms with Crippen LogP contribution >= 0.6 is 11.3 Å². The molecule has 1 fully saturated rings. The van der Waals surface area contributed by atoms with Gasteiger partial charge in [-0.15, -0.1) is 11.3 Å². The Morgan fingerprint density at radius 2 is 1.94 bits per heavy atom. The smallest absolute Gasteiger partial charge is 0.329 e. The molecule has 1 aliphatic heterocycles. The SMILES string of the molecule is NC(=O)c1c(NC(=O)COC(=O)C2CCCCN2c2ncccn2)sc2c1CCCC2. The van der Waals surface area contributed by atoms with E-state index in [4.69, 9.17) is 10.5 Å². The fourth-order valence-electron chi connectivity index (χ4n) is 4.17. The molecule has 2 aromatic heterocycles. The first kappa shape index (κ1) is 21.2. The highest BCUT2D eigenvalue weighted by molar-refractivity contribution is 7.17. The Morgan fingerprint density at radius 1 is 1.16 bits per heavy atom. The Hall–Kier alpha value is -3.01. The number of thiophene rings is 1. The third-order valence-corrected chi connectivity index (χ3v) is 6.81. The summed E-state index contributed by atoms with van der Waals surface area (Å²) in [6.45, 7) is 0.221. The summed E-state index contributed by atoms with van der Waals surface area (Å²) in [6.07, 6.45) is 9.41. The van der Waals surface area contributed by atoms with Gasteiger partial charge >= 0.3 is 5.97 Å². The van der Waals surface area contributed by atoms with Crippen molar-refractivity contribution in [3.05, 3.63) is 34.5 Å². The largest absolute Gasteiger partial charge is 0.454 e. The van der Waals surface area contributed by atoms with Crippen LogP contribution in [0.15, 0.2) is 18.5 Å². The predicted octanol–water partition coefficient (Wildman–Crippen LogP) is 2.06. The summed E-state index contributed by atoms with van der Waals surface area (Å²) in [5, 5.41) is 3.16. The van der Waals surface area contributed by atoms with Gasteiger partial charge in [-0.25, -0.2) is 14.8 Å². The molecule has 10 heteroatoms. The Kier molecular flexibility index (Phi) is 6.45. The van der Waals surface area contributed by atoms with Gasteiger partial charge in [0.2, 0.25) is 5.95 Å². The van der Waals surface area contributed by atoms with Gasteiger partial charge in [-0.2, -0.15) is 0 Å². The van der Waals surface area contributed by atoms with Gasteiger partial charge in [0.15, 0.2) is 6.61 Å². The van der Waals surface area contributed by atoms with E-state index in [1.54, 1.807) is 18.5 Å². The molecular weight excluding hydrogens is 418 g/mol. The normalized spacial score (nSPS) is 18.2. The van der Waals surface area contributed by atoms with Gasteiger partial charge in [0.25, 0.3) is 11.8 Å². The molecule has 2 amide bonds. The quantitative estimate of drug-likeness (QED) is 0.654. The van der Waals surface area contributed by atoms with Crippen LogP contribution in [0.25, 0.3) is 0 Å². The van der Waals surface area contributed by atoms with E-state index in [0.29, 0.717) is 29.5 Å². The van der Waals surface area contributed by atoms with Gasteiger partial charge in [0, 0.05) is 23.8 Å². The Bertz CT molecular complexity index is 978. The summed E-state index contributed by atoms with van der Waals surface area (Å²) in [7, 11) is 0. The Balaban J connectivity index is 1.39. The molecule has 3 heterocycles. The number of hydrogen-bond acceptors (Lipinski definition) is 8. The highest BCUT2D eigenvalue weighted by atomic mass is 32.1. The van der Waals surface area contributed by atoms with E-state index in [9.17, 15) is 14.4 Å². The minimum atomic E-state index is -0.549. The minimum Gasteiger partial charge on any atom is -0.454 e. The maximum absolute atomic E-state index is 12.7. The molecule has 31 heavy (non-hydrogen) atoms. The van der Waals surface area contributed by atoms with Crippen molar-refractivity contribution in [2.75, 3.05) is 23.4 Å². The fourth-order valence-corrected chi connectivity index (χ4v) is 5.48. The second-order valence-corrected chi connectivity index (χ2v) is 8.79. The second-order valence-electron chi connectivity index (χ2n) is 7.69. The topological polar surface area (TPSA) is 128 Å². The number of rotatable bonds is 6. The van der Waals surface area contributed by atoms with Crippen LogP contribution in [-0.4, -0.2) is 46.9 Å². The monoisotopic (exact) mass is 443 g/mol. The molecule has 4 rings (SSSR count). The number of aromatic nitrogens is 2. The van der Waals surface area contributed by atoms with Crippen LogP contribution in [0.3, 0.4) is 0 Å². The Labute approximate surface area is 184 Å². The lowest BCUT2D eigenvalue weighted by Gasteiger charge is -2.33. The zero-order chi connectivity index (χ0) is 21.8. The number of anilines is 2. The lowest BCUT2D eigenvalue weighted by atomic mass is 9.95. The van der Waals surface area contributed by atoms with Crippen LogP contribution in [0.4, 0.5) is 10.9 Å². The number of ether oxygens (including phenoxy) is 1. The molecule has 0 aromatic carbocycles. The van der Waals surface area contributed by atoms with E-state index in [1.165, 1.54) is 11.3 Å². The number of primary amides is 1. The molecule has 9 nitrogen and oxygen atoms in total. The number of piperidine rings is 1. The number of nitrogens with zero attached hydrogens (tertiary/aromatic N) is 3. The summed E-state index contributed by atoms with van der Waals surface area (Å²) >= 11 is 1.38. The highest BCUT2D eigenvalue weighted by Gasteiger charge is 2.32. The van der Waals surface area contributed by atoms with E-state index in [0.717, 1.165) is 49.0 Å². The van der Waals surface area contributed by atoms with Gasteiger partial charge in [-0.3, -0.25) is 9.59 Å². The van der Waals surface area contributed by atoms with Crippen molar-refractivity contribution in [1.29, 1.82) is 0 Å². The van der Waals surface area contributed by atoms with E-state index < -0.39 is 30.4 Å². The summed E-state index contributed by atoms with van der Waals surface area (Å²) in [4.78, 5) is 48.5. The number of nitrogens with one attached hydrogen (secondary N) is 1. The third-order valence-electron chi connectivity index (χ3n) is 5.60. The maximum atomic E-state index is 12.7. The first-order chi connectivity index (χ1) is 15.0. The van der Waals surface area contributed by atoms with Crippen molar-refractivity contribution >= 4 is 40.1 Å². The van der Waals surface area contributed by atoms with Crippen LogP contribution in [0, 0.1) is 0 Å². The molecule has 3 N–H and O–H groups in total. The van der Waals surface area contributed by atoms with Crippen LogP contribution in [-0.2, 0) is 27.2 Å². The van der Waals surface area contributed by atoms with Crippen LogP contribution in [0.2, 0.25) is 0 Å². The molecule has 164 valence electrons. The molecule has 1 aliphatic carbocycles. The number of aryl methyl sites for hydroxylation is 1. The number of carbonyl (C=O) groups excluding carboxylic acids is 3. The molecular formula is C21H25N5O4S. The summed E-state index contributed by atoms with van der Waals surface area (Å²) in [5.41, 5.74) is 6.89. The lowest BCUT2D eigenvalue weighted by Crippen LogP contribution is -2.47. The van der Waals surface area contributed by atoms with Gasteiger partial charge < -0.3 is 20.7 Å². The van der Waals surface area contributed by atoms with Gasteiger partial charge in [0.1, 0.15) is 11.0 Å². The first-order valence-corrected chi connectivity index (χ1v) is 11.3. The van der Waals surface area contributed by atoms with Crippen LogP contribution in [0.1, 0.15) is 52.9 Å². The molecule has 1 unspecified atom stereocenters. The zero-order valence-corrected chi connectivity index (χ0v) is 18.0. The van der Waals surface area contributed by atoms with E-state index in [-0.39, 0.29) is 0 Å². The third kappa shape index (κ3) is 4.68. The standard InChI is InChI=1S/C21H25N5O4S/c22-18(28)17-13-6-1-2-8-15(13)31-19(17)25-16(27)12-30-20(29)14-7-3-4-11-26(14)21-23-9-5-10-24-21/h5,9-10,14H,1-4,6-8,11-12H2,(H2,22,28)(H,25,27). The Morgan fingerprint density at radius 3 is 2.71 bits per heavy atom. The number of hydrogen-bond donors (Lipinski definition) is 2. The second kappa shape index (κ2) is 9.42. The zero-order valence-electron chi connectivity index (χ0n) is 17.1. The molecule has 0 radical (unpaired) electrons. The predicted molar refractivity (Wildman–Crippen MR) is 116 cm³/mol. The van der Waals surface area contributed by atoms with E-state index in [2.05, 4.69) is 15.3 Å². The van der Waals surface area contributed by atoms with Crippen LogP contribution in [0.5, 0.6) is 0 Å². The van der Waals surface area contributed by atoms with Crippen molar-refractivity contribution in [1.82, 2.24) is 9.97 Å². The van der Waals surface area contributed by atoms with Gasteiger partial charge in [-0.05, 0) is 56.6 Å². The van der Waals surface area contributed by atoms with Gasteiger partial charge in [0.05, 0.1) is 5.56 Å². The lowest BCUT2D eigenvalue weighted by molar-refractivity contribution is -0.149. The molecule has 1 saturated heterocycles. The molecule has 2 aliphatic rings. The highest BCUT2D eigenvalue weighted by Crippen LogP contribution is 2.37. The van der Waals surface area contributed by atoms with Crippen molar-refractivity contribution in [3.63, 3.8) is 0 Å². The van der Waals surface area contributed by atoms with Crippen molar-refractivity contribution < 1.29 is 19.1 Å². The van der Waals surface area contributed by atoms with Crippen molar-refractivity contribution in [2.45, 2.75) is 51.0 Å². The fraction of sp³-hybridized carbons (Fsp3) is 0.476. The minimum absolute atomic E-state index is 0.388. The summed E-state index contributed by atoms with van der Waals surface area (Å²) in [6, 6.07) is 1.19. The number of amides is 2. The molecule has 0 spiro atoms. The maximum Gasteiger partial charge on any atom is 0.329 e. The summed E-state index contributed by atoms with van der Waals surface area (Å²) in [5.74, 6) is -1.05. The molecule has 0 bridgehead atoms. The van der Waals surface area contributed by atoms with Crippen molar-refractivity contribution in [2.24, 2.45) is 5.73 Å². The molecule has 2 aromatic rings. The molecule has 1 atom stereocenters. The average molecular weight is 444 g/mol. The van der Waals surface area contributed by atoms with E-state index >= 15 is 0 Å². The molecule has 0 saturated carbocycles. The van der Waals surface area contributed by atoms with E-state index in [1.807, 2.05) is 4.90 Å². The summed E-state index contributed by atoms with van der Waals surface area (Å²) < 4.78 is 5.31.